The molecule has 0 aliphatic carbocycles. The van der Waals surface area contributed by atoms with Crippen molar-refractivity contribution in [2.24, 2.45) is 0 Å². The molecule has 1 N–H and O–H groups in total. The summed E-state index contributed by atoms with van der Waals surface area (Å²) in [6.07, 6.45) is 4.16. The molecule has 0 spiro atoms. The van der Waals surface area contributed by atoms with Gasteiger partial charge in [-0.05, 0) is 39.4 Å². The first-order valence-electron chi connectivity index (χ1n) is 5.09. The van der Waals surface area contributed by atoms with E-state index in [1.165, 1.54) is 25.9 Å². The number of hydrogen-bond acceptors (Lipinski definition) is 3. The molecule has 0 atom stereocenters. The van der Waals surface area contributed by atoms with Crippen molar-refractivity contribution in [2.45, 2.75) is 32.6 Å². The van der Waals surface area contributed by atoms with Crippen molar-refractivity contribution in [3.8, 4) is 0 Å². The van der Waals surface area contributed by atoms with Gasteiger partial charge in [-0.2, -0.15) is 8.42 Å². The van der Waals surface area contributed by atoms with Crippen LogP contribution in [0.25, 0.3) is 0 Å². The maximum absolute atomic E-state index is 9.95. The van der Waals surface area contributed by atoms with Crippen LogP contribution in [0.4, 0.5) is 0 Å². The summed E-state index contributed by atoms with van der Waals surface area (Å²) < 4.78 is 28.0. The van der Waals surface area contributed by atoms with Crippen molar-refractivity contribution in [1.29, 1.82) is 0 Å². The summed E-state index contributed by atoms with van der Waals surface area (Å²) in [6.45, 7) is 4.51. The van der Waals surface area contributed by atoms with Gasteiger partial charge in [0.25, 0.3) is 10.1 Å². The van der Waals surface area contributed by atoms with Gasteiger partial charge in [-0.1, -0.05) is 13.3 Å². The average molecular weight is 223 g/mol. The van der Waals surface area contributed by atoms with Crippen LogP contribution in [0.1, 0.15) is 32.6 Å². The Labute approximate surface area is 87.0 Å². The van der Waals surface area contributed by atoms with Crippen LogP contribution in [0.15, 0.2) is 0 Å². The topological polar surface area (TPSA) is 57.6 Å². The lowest BCUT2D eigenvalue weighted by Gasteiger charge is -2.01. The van der Waals surface area contributed by atoms with Gasteiger partial charge < -0.3 is 4.90 Å². The molecule has 5 heteroatoms. The van der Waals surface area contributed by atoms with E-state index in [9.17, 15) is 8.42 Å². The monoisotopic (exact) mass is 223 g/mol. The van der Waals surface area contributed by atoms with E-state index in [1.807, 2.05) is 6.92 Å². The second-order valence-corrected chi connectivity index (χ2v) is 5.22. The lowest BCUT2D eigenvalue weighted by atomic mass is 10.4. The van der Waals surface area contributed by atoms with Gasteiger partial charge in [0.2, 0.25) is 0 Å². The van der Waals surface area contributed by atoms with Crippen LogP contribution in [0.5, 0.6) is 0 Å². The molecular formula is C9H21NO3S. The van der Waals surface area contributed by atoms with Gasteiger partial charge >= 0.3 is 0 Å². The fraction of sp³-hybridized carbons (Fsp3) is 1.00. The highest BCUT2D eigenvalue weighted by molar-refractivity contribution is 7.85. The second-order valence-electron chi connectivity index (χ2n) is 3.65. The van der Waals surface area contributed by atoms with Gasteiger partial charge in [0, 0.05) is 0 Å². The molecule has 86 valence electrons. The highest BCUT2D eigenvalue weighted by Gasteiger charge is 2.03. The molecule has 1 aliphatic rings. The highest BCUT2D eigenvalue weighted by atomic mass is 32.2. The van der Waals surface area contributed by atoms with Crippen molar-refractivity contribution in [1.82, 2.24) is 4.90 Å². The Balaban J connectivity index is 0.000000249. The zero-order valence-corrected chi connectivity index (χ0v) is 9.89. The van der Waals surface area contributed by atoms with Crippen LogP contribution < -0.4 is 0 Å². The third-order valence-corrected chi connectivity index (χ3v) is 2.89. The van der Waals surface area contributed by atoms with E-state index in [4.69, 9.17) is 4.55 Å². The molecule has 1 heterocycles. The summed E-state index contributed by atoms with van der Waals surface area (Å²) in [5.41, 5.74) is 0. The number of rotatable bonds is 3. The molecule has 14 heavy (non-hydrogen) atoms. The smallest absolute Gasteiger partial charge is 0.264 e. The van der Waals surface area contributed by atoms with Crippen molar-refractivity contribution in [3.63, 3.8) is 0 Å². The van der Waals surface area contributed by atoms with Gasteiger partial charge in [0.15, 0.2) is 0 Å². The molecule has 4 nitrogen and oxygen atoms in total. The van der Waals surface area contributed by atoms with Crippen LogP contribution in [-0.4, -0.2) is 43.8 Å². The normalized spacial score (nSPS) is 17.6. The minimum Gasteiger partial charge on any atom is -0.306 e. The van der Waals surface area contributed by atoms with Crippen LogP contribution in [0.3, 0.4) is 0 Å². The molecular weight excluding hydrogens is 202 g/mol. The van der Waals surface area contributed by atoms with E-state index in [-0.39, 0.29) is 5.75 Å². The van der Waals surface area contributed by atoms with Crippen molar-refractivity contribution in [3.05, 3.63) is 0 Å². The lowest BCUT2D eigenvalue weighted by Crippen LogP contribution is -2.10. The van der Waals surface area contributed by atoms with E-state index < -0.39 is 10.1 Å². The zero-order chi connectivity index (χ0) is 11.0. The van der Waals surface area contributed by atoms with Crippen LogP contribution in [0, 0.1) is 0 Å². The van der Waals surface area contributed by atoms with Crippen molar-refractivity contribution in [2.75, 3.05) is 25.9 Å². The standard InChI is InChI=1S/C5H11N.C4H10O3S/c1-6-4-2-3-5-6;1-2-3-4-8(5,6)7/h2-5H2,1H3;2-4H2,1H3,(H,5,6,7). The molecule has 1 saturated heterocycles. The predicted molar refractivity (Wildman–Crippen MR) is 58.1 cm³/mol. The Morgan fingerprint density at radius 3 is 1.93 bits per heavy atom. The minimum absolute atomic E-state index is 0.108. The van der Waals surface area contributed by atoms with Gasteiger partial charge in [0.05, 0.1) is 5.75 Å². The lowest BCUT2D eigenvalue weighted by molar-refractivity contribution is 0.418. The molecule has 0 bridgehead atoms. The summed E-state index contributed by atoms with van der Waals surface area (Å²) in [4.78, 5) is 2.36. The number of hydrogen-bond donors (Lipinski definition) is 1. The number of likely N-dealkylation sites (tertiary alicyclic amines) is 1. The molecule has 0 aromatic heterocycles. The Bertz CT molecular complexity index is 220. The number of nitrogens with zero attached hydrogens (tertiary/aromatic N) is 1. The molecule has 0 amide bonds. The molecule has 0 unspecified atom stereocenters. The Morgan fingerprint density at radius 1 is 1.29 bits per heavy atom. The second kappa shape index (κ2) is 7.20. The summed E-state index contributed by atoms with van der Waals surface area (Å²) in [7, 11) is -1.51. The van der Waals surface area contributed by atoms with E-state index in [2.05, 4.69) is 11.9 Å². The summed E-state index contributed by atoms with van der Waals surface area (Å²) >= 11 is 0. The van der Waals surface area contributed by atoms with Gasteiger partial charge in [-0.15, -0.1) is 0 Å². The zero-order valence-electron chi connectivity index (χ0n) is 9.07. The quantitative estimate of drug-likeness (QED) is 0.734. The molecule has 0 aromatic carbocycles. The van der Waals surface area contributed by atoms with Gasteiger partial charge in [-0.25, -0.2) is 0 Å². The maximum Gasteiger partial charge on any atom is 0.264 e. The first kappa shape index (κ1) is 13.9. The molecule has 1 fully saturated rings. The highest BCUT2D eigenvalue weighted by Crippen LogP contribution is 2.02. The third-order valence-electron chi connectivity index (χ3n) is 2.09. The fourth-order valence-corrected chi connectivity index (χ4v) is 1.86. The Morgan fingerprint density at radius 2 is 1.79 bits per heavy atom. The van der Waals surface area contributed by atoms with Gasteiger partial charge in [0.1, 0.15) is 0 Å². The molecule has 0 saturated carbocycles. The van der Waals surface area contributed by atoms with E-state index in [0.717, 1.165) is 6.42 Å². The molecule has 1 rings (SSSR count). The molecule has 0 aromatic rings. The van der Waals surface area contributed by atoms with Crippen LogP contribution >= 0.6 is 0 Å². The van der Waals surface area contributed by atoms with Crippen molar-refractivity contribution < 1.29 is 13.0 Å². The molecule has 1 aliphatic heterocycles. The minimum atomic E-state index is -3.69. The third kappa shape index (κ3) is 9.95. The first-order chi connectivity index (χ1) is 6.45. The maximum atomic E-state index is 9.95. The van der Waals surface area contributed by atoms with Crippen molar-refractivity contribution >= 4 is 10.1 Å². The molecule has 0 radical (unpaired) electrons. The Hall–Kier alpha value is -0.130. The first-order valence-corrected chi connectivity index (χ1v) is 6.70. The fourth-order valence-electron chi connectivity index (χ4n) is 1.20. The SMILES string of the molecule is CCCCS(=O)(=O)O.CN1CCCC1. The summed E-state index contributed by atoms with van der Waals surface area (Å²) in [5.74, 6) is -0.108. The van der Waals surface area contributed by atoms with Crippen LogP contribution in [0.2, 0.25) is 0 Å². The summed E-state index contributed by atoms with van der Waals surface area (Å²) in [5, 5.41) is 0. The van der Waals surface area contributed by atoms with E-state index >= 15 is 0 Å². The van der Waals surface area contributed by atoms with E-state index in [0.29, 0.717) is 6.42 Å². The number of unbranched alkanes of at least 4 members (excludes halogenated alkanes) is 1. The summed E-state index contributed by atoms with van der Waals surface area (Å²) in [6, 6.07) is 0. The largest absolute Gasteiger partial charge is 0.306 e. The predicted octanol–water partition coefficient (Wildman–Crippen LogP) is 1.39. The van der Waals surface area contributed by atoms with Crippen LogP contribution in [-0.2, 0) is 10.1 Å². The average Bonchev–Trinajstić information content (AvgIpc) is 2.52. The van der Waals surface area contributed by atoms with E-state index in [1.54, 1.807) is 0 Å². The van der Waals surface area contributed by atoms with Gasteiger partial charge in [-0.3, -0.25) is 4.55 Å². The Kier molecular flexibility index (Phi) is 7.13.